The molecule has 0 fully saturated rings. The van der Waals surface area contributed by atoms with E-state index in [2.05, 4.69) is 0 Å². The fourth-order valence-electron chi connectivity index (χ4n) is 1.41. The van der Waals surface area contributed by atoms with Gasteiger partial charge in [-0.3, -0.25) is 0 Å². The number of rotatable bonds is 1. The predicted octanol–water partition coefficient (Wildman–Crippen LogP) is 0.461. The molecule has 0 aromatic heterocycles. The van der Waals surface area contributed by atoms with Crippen LogP contribution < -0.4 is 5.11 Å². The second kappa shape index (κ2) is 3.32. The van der Waals surface area contributed by atoms with Crippen molar-refractivity contribution < 1.29 is 14.5 Å². The van der Waals surface area contributed by atoms with E-state index in [0.29, 0.717) is 5.56 Å². The molecule has 3 nitrogen and oxygen atoms in total. The maximum Gasteiger partial charge on any atom is 0.217 e. The fourth-order valence-corrected chi connectivity index (χ4v) is 1.41. The Labute approximate surface area is 80.9 Å². The van der Waals surface area contributed by atoms with Crippen molar-refractivity contribution >= 4 is 23.6 Å². The van der Waals surface area contributed by atoms with Crippen LogP contribution in [0.5, 0.6) is 0 Å². The van der Waals surface area contributed by atoms with Gasteiger partial charge in [-0.15, -0.1) is 0 Å². The highest BCUT2D eigenvalue weighted by Crippen LogP contribution is 2.28. The van der Waals surface area contributed by atoms with Gasteiger partial charge in [0.1, 0.15) is 5.94 Å². The largest absolute Gasteiger partial charge is 0.868 e. The summed E-state index contributed by atoms with van der Waals surface area (Å²) in [6.07, 6.45) is 4.18. The maximum absolute atomic E-state index is 11.4. The van der Waals surface area contributed by atoms with Gasteiger partial charge in [-0.25, -0.2) is 4.79 Å². The van der Waals surface area contributed by atoms with Crippen LogP contribution >= 0.6 is 0 Å². The first-order valence-electron chi connectivity index (χ1n) is 4.14. The average molecular weight is 185 g/mol. The Morgan fingerprint density at radius 1 is 1.36 bits per heavy atom. The second-order valence-electron chi connectivity index (χ2n) is 2.85. The first-order valence-corrected chi connectivity index (χ1v) is 4.14. The van der Waals surface area contributed by atoms with Gasteiger partial charge in [-0.1, -0.05) is 12.1 Å². The van der Waals surface area contributed by atoms with E-state index in [1.807, 2.05) is 18.2 Å². The van der Waals surface area contributed by atoms with E-state index >= 15 is 0 Å². The second-order valence-corrected chi connectivity index (χ2v) is 2.85. The van der Waals surface area contributed by atoms with Crippen LogP contribution in [-0.2, 0) is 4.79 Å². The summed E-state index contributed by atoms with van der Waals surface area (Å²) in [5.41, 5.74) is 1.45. The number of hydrogen-bond acceptors (Lipinski definition) is 2. The summed E-state index contributed by atoms with van der Waals surface area (Å²) in [5, 5.41) is 11.4. The van der Waals surface area contributed by atoms with Crippen molar-refractivity contribution in [1.82, 2.24) is 0 Å². The molecule has 0 bridgehead atoms. The molecule has 0 radical (unpaired) electrons. The van der Waals surface area contributed by atoms with Gasteiger partial charge < -0.3 is 5.11 Å². The van der Waals surface area contributed by atoms with Gasteiger partial charge in [0.25, 0.3) is 0 Å². The number of benzene rings is 1. The molecule has 1 heterocycles. The molecular weight excluding hydrogens is 178 g/mol. The predicted molar refractivity (Wildman–Crippen MR) is 50.7 cm³/mol. The van der Waals surface area contributed by atoms with Crippen LogP contribution in [0, 0.1) is 0 Å². The molecule has 1 aromatic carbocycles. The van der Waals surface area contributed by atoms with Crippen molar-refractivity contribution in [2.45, 2.75) is 0 Å². The van der Waals surface area contributed by atoms with Crippen molar-refractivity contribution in [2.24, 2.45) is 0 Å². The summed E-state index contributed by atoms with van der Waals surface area (Å²) in [4.78, 5) is 10.0. The van der Waals surface area contributed by atoms with Crippen molar-refractivity contribution in [1.29, 1.82) is 0 Å². The van der Waals surface area contributed by atoms with Gasteiger partial charge in [0.2, 0.25) is 5.69 Å². The number of allylic oxidation sites excluding steroid dienone is 1. The molecule has 2 rings (SSSR count). The Morgan fingerprint density at radius 2 is 2.14 bits per heavy atom. The minimum Gasteiger partial charge on any atom is -0.868 e. The molecule has 3 heteroatoms. The molecule has 14 heavy (non-hydrogen) atoms. The van der Waals surface area contributed by atoms with Crippen molar-refractivity contribution in [2.75, 3.05) is 0 Å². The molecule has 0 saturated carbocycles. The number of fused-ring (bicyclic) bond motifs is 1. The Bertz CT molecular complexity index is 480. The topological polar surface area (TPSA) is 43.1 Å². The summed E-state index contributed by atoms with van der Waals surface area (Å²) in [6, 6.07) is 7.24. The standard InChI is InChI=1S/C11H7NO2/c13-7-3-6-12-8-11(14)9-4-1-2-5-10(9)12/h1-6,8H. The average Bonchev–Trinajstić information content (AvgIpc) is 2.54. The highest BCUT2D eigenvalue weighted by molar-refractivity contribution is 5.81. The molecule has 1 aliphatic rings. The SMILES string of the molecule is O=C=CC=[N+]1C=C([O-])c2ccccc21. The lowest BCUT2D eigenvalue weighted by molar-refractivity contribution is -0.354. The van der Waals surface area contributed by atoms with Gasteiger partial charge in [0.05, 0.1) is 6.08 Å². The number of hydrogen-bond donors (Lipinski definition) is 0. The number of para-hydroxylation sites is 1. The highest BCUT2D eigenvalue weighted by Gasteiger charge is 2.18. The van der Waals surface area contributed by atoms with Crippen LogP contribution in [0.3, 0.4) is 0 Å². The summed E-state index contributed by atoms with van der Waals surface area (Å²) >= 11 is 0. The van der Waals surface area contributed by atoms with Crippen LogP contribution in [0.1, 0.15) is 5.56 Å². The van der Waals surface area contributed by atoms with Gasteiger partial charge in [0.15, 0.2) is 12.4 Å². The van der Waals surface area contributed by atoms with E-state index in [4.69, 9.17) is 0 Å². The van der Waals surface area contributed by atoms with E-state index in [1.54, 1.807) is 16.6 Å². The molecule has 0 spiro atoms. The van der Waals surface area contributed by atoms with Crippen molar-refractivity contribution in [3.63, 3.8) is 0 Å². The smallest absolute Gasteiger partial charge is 0.217 e. The fraction of sp³-hybridized carbons (Fsp3) is 0. The molecule has 1 aliphatic heterocycles. The monoisotopic (exact) mass is 185 g/mol. The lowest BCUT2D eigenvalue weighted by Gasteiger charge is -2.00. The van der Waals surface area contributed by atoms with Crippen LogP contribution in [0.25, 0.3) is 5.76 Å². The van der Waals surface area contributed by atoms with E-state index in [0.717, 1.165) is 5.69 Å². The third-order valence-corrected chi connectivity index (χ3v) is 2.01. The van der Waals surface area contributed by atoms with E-state index in [9.17, 15) is 9.90 Å². The van der Waals surface area contributed by atoms with Crippen molar-refractivity contribution in [3.8, 4) is 0 Å². The van der Waals surface area contributed by atoms with E-state index in [-0.39, 0.29) is 5.76 Å². The van der Waals surface area contributed by atoms with Crippen LogP contribution in [0.4, 0.5) is 5.69 Å². The lowest BCUT2D eigenvalue weighted by Crippen LogP contribution is -1.97. The van der Waals surface area contributed by atoms with Crippen LogP contribution in [0.15, 0.2) is 36.5 Å². The normalized spacial score (nSPS) is 16.0. The van der Waals surface area contributed by atoms with Crippen LogP contribution in [-0.4, -0.2) is 16.7 Å². The molecule has 1 aromatic rings. The zero-order valence-corrected chi connectivity index (χ0v) is 7.31. The lowest BCUT2D eigenvalue weighted by atomic mass is 10.2. The Hall–Kier alpha value is -2.12. The molecule has 0 amide bonds. The third kappa shape index (κ3) is 1.26. The first kappa shape index (κ1) is 8.48. The van der Waals surface area contributed by atoms with E-state index in [1.165, 1.54) is 18.5 Å². The van der Waals surface area contributed by atoms with Gasteiger partial charge >= 0.3 is 0 Å². The number of carbonyl (C=O) groups excluding carboxylic acids is 1. The minimum atomic E-state index is -0.0452. The zero-order chi connectivity index (χ0) is 9.97. The Balaban J connectivity index is 2.57. The van der Waals surface area contributed by atoms with Gasteiger partial charge in [0, 0.05) is 11.6 Å². The minimum absolute atomic E-state index is 0.0452. The van der Waals surface area contributed by atoms with Crippen molar-refractivity contribution in [3.05, 3.63) is 42.1 Å². The highest BCUT2D eigenvalue weighted by atomic mass is 16.3. The Morgan fingerprint density at radius 3 is 2.93 bits per heavy atom. The molecular formula is C11H7NO2. The van der Waals surface area contributed by atoms with Gasteiger partial charge in [-0.2, -0.15) is 4.58 Å². The summed E-state index contributed by atoms with van der Waals surface area (Å²) in [6.45, 7) is 0. The molecule has 0 aliphatic carbocycles. The van der Waals surface area contributed by atoms with E-state index < -0.39 is 0 Å². The first-order chi connectivity index (χ1) is 6.83. The molecule has 0 saturated heterocycles. The molecule has 68 valence electrons. The maximum atomic E-state index is 11.4. The Kier molecular flexibility index (Phi) is 2.01. The van der Waals surface area contributed by atoms with Gasteiger partial charge in [-0.05, 0) is 11.8 Å². The zero-order valence-electron chi connectivity index (χ0n) is 7.31. The molecule has 0 N–H and O–H groups in total. The molecule has 0 unspecified atom stereocenters. The number of nitrogens with zero attached hydrogens (tertiary/aromatic N) is 1. The third-order valence-electron chi connectivity index (χ3n) is 2.01. The molecule has 0 atom stereocenters. The summed E-state index contributed by atoms with van der Waals surface area (Å²) in [5.74, 6) is 1.59. The quantitative estimate of drug-likeness (QED) is 0.471. The van der Waals surface area contributed by atoms with Crippen LogP contribution in [0.2, 0.25) is 0 Å². The summed E-state index contributed by atoms with van der Waals surface area (Å²) < 4.78 is 1.61. The summed E-state index contributed by atoms with van der Waals surface area (Å²) in [7, 11) is 0.